The number of hydrogen-bond donors (Lipinski definition) is 0. The molecule has 10 aromatic rings. The van der Waals surface area contributed by atoms with E-state index in [9.17, 15) is 0 Å². The Morgan fingerprint density at radius 2 is 0.811 bits per heavy atom. The van der Waals surface area contributed by atoms with Gasteiger partial charge in [0.25, 0.3) is 6.71 Å². The zero-order valence-corrected chi connectivity index (χ0v) is 28.5. The van der Waals surface area contributed by atoms with Crippen LogP contribution in [0.3, 0.4) is 0 Å². The minimum Gasteiger partial charge on any atom is -0.458 e. The van der Waals surface area contributed by atoms with Crippen LogP contribution in [-0.2, 0) is 0 Å². The topological polar surface area (TPSA) is 28.3 Å². The second kappa shape index (κ2) is 10.8. The van der Waals surface area contributed by atoms with Crippen molar-refractivity contribution in [2.24, 2.45) is 0 Å². The van der Waals surface area contributed by atoms with Crippen LogP contribution in [0.15, 0.2) is 176 Å². The summed E-state index contributed by atoms with van der Waals surface area (Å²) in [5, 5.41) is 4.79. The second-order valence-corrected chi connectivity index (χ2v) is 14.0. The van der Waals surface area contributed by atoms with Gasteiger partial charge in [-0.1, -0.05) is 109 Å². The van der Waals surface area contributed by atoms with Gasteiger partial charge in [0, 0.05) is 43.9 Å². The Hall–Kier alpha value is -6.98. The van der Waals surface area contributed by atoms with Gasteiger partial charge >= 0.3 is 0 Å². The Bertz CT molecular complexity index is 2920. The van der Waals surface area contributed by atoms with Crippen molar-refractivity contribution in [1.82, 2.24) is 9.13 Å². The molecule has 5 heteroatoms. The molecule has 53 heavy (non-hydrogen) atoms. The van der Waals surface area contributed by atoms with Gasteiger partial charge in [-0.2, -0.15) is 0 Å². The first kappa shape index (κ1) is 28.7. The van der Waals surface area contributed by atoms with E-state index in [1.807, 2.05) is 0 Å². The molecule has 0 bridgehead atoms. The summed E-state index contributed by atoms with van der Waals surface area (Å²) >= 11 is 0. The van der Waals surface area contributed by atoms with Gasteiger partial charge in [-0.15, -0.1) is 0 Å². The van der Waals surface area contributed by atoms with Crippen LogP contribution >= 0.6 is 0 Å². The largest absolute Gasteiger partial charge is 0.458 e. The first-order chi connectivity index (χ1) is 26.3. The molecule has 0 saturated carbocycles. The molecule has 0 saturated heterocycles. The summed E-state index contributed by atoms with van der Waals surface area (Å²) in [6.07, 6.45) is 0. The van der Waals surface area contributed by atoms with Crippen LogP contribution in [0, 0.1) is 0 Å². The molecule has 0 amide bonds. The van der Waals surface area contributed by atoms with Crippen LogP contribution in [0.25, 0.3) is 66.1 Å². The molecule has 4 heterocycles. The Morgan fingerprint density at radius 3 is 1.32 bits per heavy atom. The van der Waals surface area contributed by atoms with E-state index < -0.39 is 0 Å². The Balaban J connectivity index is 1.27. The molecule has 2 aliphatic rings. The number of ether oxygens (including phenoxy) is 2. The lowest BCUT2D eigenvalue weighted by Crippen LogP contribution is -2.57. The van der Waals surface area contributed by atoms with Crippen LogP contribution in [0.2, 0.25) is 0 Å². The molecule has 0 atom stereocenters. The Morgan fingerprint density at radius 1 is 0.377 bits per heavy atom. The first-order valence-electron chi connectivity index (χ1n) is 18.1. The van der Waals surface area contributed by atoms with Gasteiger partial charge in [0.05, 0.1) is 22.1 Å². The van der Waals surface area contributed by atoms with Crippen molar-refractivity contribution in [3.63, 3.8) is 0 Å². The van der Waals surface area contributed by atoms with E-state index in [1.165, 1.54) is 21.5 Å². The maximum atomic E-state index is 6.86. The molecule has 0 spiro atoms. The van der Waals surface area contributed by atoms with Gasteiger partial charge in [-0.05, 0) is 83.2 Å². The zero-order chi connectivity index (χ0) is 34.6. The van der Waals surface area contributed by atoms with E-state index >= 15 is 0 Å². The third kappa shape index (κ3) is 3.96. The van der Waals surface area contributed by atoms with E-state index in [-0.39, 0.29) is 6.71 Å². The van der Waals surface area contributed by atoms with Gasteiger partial charge in [-0.3, -0.25) is 0 Å². The SMILES string of the molecule is c1ccc(-n2c3ccccc3c3c(-c4cc5c6c(c4)Oc4ccccc4B6c4ccccc4O5)c4c5ccccc5n(-c5ccccc5)c4cc32)cc1. The third-order valence-electron chi connectivity index (χ3n) is 11.2. The van der Waals surface area contributed by atoms with E-state index in [2.05, 4.69) is 185 Å². The van der Waals surface area contributed by atoms with E-state index in [1.54, 1.807) is 0 Å². The van der Waals surface area contributed by atoms with Crippen LogP contribution in [0.4, 0.5) is 0 Å². The molecule has 0 unspecified atom stereocenters. The van der Waals surface area contributed by atoms with E-state index in [4.69, 9.17) is 9.47 Å². The number of fused-ring (bicyclic) bond motifs is 10. The Kier molecular flexibility index (Phi) is 5.83. The highest BCUT2D eigenvalue weighted by Gasteiger charge is 2.40. The summed E-state index contributed by atoms with van der Waals surface area (Å²) in [6.45, 7) is 0.0137. The second-order valence-electron chi connectivity index (χ2n) is 14.0. The number of hydrogen-bond acceptors (Lipinski definition) is 2. The van der Waals surface area contributed by atoms with Gasteiger partial charge in [-0.25, -0.2) is 0 Å². The van der Waals surface area contributed by atoms with E-state index in [0.29, 0.717) is 0 Å². The van der Waals surface area contributed by atoms with Crippen molar-refractivity contribution < 1.29 is 9.47 Å². The number of benzene rings is 8. The average Bonchev–Trinajstić information content (AvgIpc) is 3.73. The summed E-state index contributed by atoms with van der Waals surface area (Å²) in [5.41, 5.74) is 12.5. The smallest absolute Gasteiger partial charge is 0.260 e. The zero-order valence-electron chi connectivity index (χ0n) is 28.5. The molecular formula is C48H29BN2O2. The molecule has 12 rings (SSSR count). The summed E-state index contributed by atoms with van der Waals surface area (Å²) < 4.78 is 18.5. The first-order valence-corrected chi connectivity index (χ1v) is 18.1. The average molecular weight is 677 g/mol. The van der Waals surface area contributed by atoms with Gasteiger partial charge in [0.2, 0.25) is 0 Å². The van der Waals surface area contributed by atoms with Gasteiger partial charge in [0.1, 0.15) is 23.0 Å². The monoisotopic (exact) mass is 676 g/mol. The highest BCUT2D eigenvalue weighted by molar-refractivity contribution is 6.98. The molecule has 0 radical (unpaired) electrons. The fourth-order valence-corrected chi connectivity index (χ4v) is 9.11. The molecule has 246 valence electrons. The molecule has 0 fully saturated rings. The third-order valence-corrected chi connectivity index (χ3v) is 11.2. The summed E-state index contributed by atoms with van der Waals surface area (Å²) in [6, 6.07) is 62.8. The number of para-hydroxylation sites is 6. The molecule has 4 nitrogen and oxygen atoms in total. The molecule has 2 aromatic heterocycles. The fourth-order valence-electron chi connectivity index (χ4n) is 9.11. The van der Waals surface area contributed by atoms with Crippen molar-refractivity contribution in [3.05, 3.63) is 176 Å². The minimum absolute atomic E-state index is 0.0137. The lowest BCUT2D eigenvalue weighted by Gasteiger charge is -2.33. The maximum absolute atomic E-state index is 6.86. The van der Waals surface area contributed by atoms with Crippen LogP contribution < -0.4 is 25.9 Å². The predicted molar refractivity (Wildman–Crippen MR) is 218 cm³/mol. The van der Waals surface area contributed by atoms with Gasteiger partial charge in [0.15, 0.2) is 0 Å². The normalized spacial score (nSPS) is 12.8. The van der Waals surface area contributed by atoms with Crippen molar-refractivity contribution in [2.75, 3.05) is 0 Å². The summed E-state index contributed by atoms with van der Waals surface area (Å²) in [7, 11) is 0. The van der Waals surface area contributed by atoms with Crippen LogP contribution in [-0.4, -0.2) is 15.8 Å². The Labute approximate surface area is 305 Å². The fraction of sp³-hybridized carbons (Fsp3) is 0. The predicted octanol–water partition coefficient (Wildman–Crippen LogP) is 10.3. The van der Waals surface area contributed by atoms with Gasteiger partial charge < -0.3 is 18.6 Å². The van der Waals surface area contributed by atoms with Crippen molar-refractivity contribution in [3.8, 4) is 45.5 Å². The number of aromatic nitrogens is 2. The molecule has 0 aliphatic carbocycles. The number of rotatable bonds is 3. The van der Waals surface area contributed by atoms with Crippen LogP contribution in [0.5, 0.6) is 23.0 Å². The van der Waals surface area contributed by atoms with Crippen molar-refractivity contribution >= 4 is 66.7 Å². The maximum Gasteiger partial charge on any atom is 0.260 e. The van der Waals surface area contributed by atoms with Crippen LogP contribution in [0.1, 0.15) is 0 Å². The highest BCUT2D eigenvalue weighted by Crippen LogP contribution is 2.49. The number of nitrogens with zero attached hydrogens (tertiary/aromatic N) is 2. The lowest BCUT2D eigenvalue weighted by molar-refractivity contribution is 0.465. The van der Waals surface area contributed by atoms with E-state index in [0.717, 1.165) is 84.0 Å². The summed E-state index contributed by atoms with van der Waals surface area (Å²) in [4.78, 5) is 0. The quantitative estimate of drug-likeness (QED) is 0.174. The molecule has 8 aromatic carbocycles. The molecule has 2 aliphatic heterocycles. The standard InChI is InChI=1S/C48H29BN2O2/c1-3-15-31(16-4-1)50-37-23-11-7-19-33(37)46-39(50)29-40-47(34-20-8-12-24-38(34)51(40)32-17-5-2-6-18-32)45(46)30-27-43-48-44(28-30)53-42-26-14-10-22-36(42)49(48)35-21-9-13-25-41(35)52-43/h1-29H. The molecular weight excluding hydrogens is 647 g/mol. The minimum atomic E-state index is 0.0137. The lowest BCUT2D eigenvalue weighted by atomic mass is 9.35. The highest BCUT2D eigenvalue weighted by atomic mass is 16.5. The summed E-state index contributed by atoms with van der Waals surface area (Å²) in [5.74, 6) is 3.43. The molecule has 0 N–H and O–H groups in total. The van der Waals surface area contributed by atoms with Crippen molar-refractivity contribution in [2.45, 2.75) is 0 Å². The van der Waals surface area contributed by atoms with Crippen molar-refractivity contribution in [1.29, 1.82) is 0 Å².